The monoisotopic (exact) mass is 451 g/mol. The van der Waals surface area contributed by atoms with E-state index in [0.717, 1.165) is 29.7 Å². The average Bonchev–Trinajstić information content (AvgIpc) is 3.10. The number of fused-ring (bicyclic) bond motifs is 1. The number of sulfonamides is 1. The molecule has 2 N–H and O–H groups in total. The van der Waals surface area contributed by atoms with Crippen LogP contribution in [0.2, 0.25) is 0 Å². The highest BCUT2D eigenvalue weighted by molar-refractivity contribution is 7.92. The summed E-state index contributed by atoms with van der Waals surface area (Å²) in [5, 5.41) is 13.0. The van der Waals surface area contributed by atoms with Crippen LogP contribution in [-0.2, 0) is 22.9 Å². The lowest BCUT2D eigenvalue weighted by Crippen LogP contribution is -2.16. The zero-order valence-electron chi connectivity index (χ0n) is 16.9. The van der Waals surface area contributed by atoms with Gasteiger partial charge in [-0.05, 0) is 61.1 Å². The molecule has 2 aromatic carbocycles. The molecule has 0 fully saturated rings. The fourth-order valence-corrected chi connectivity index (χ4v) is 6.12. The van der Waals surface area contributed by atoms with Crippen molar-refractivity contribution in [3.63, 3.8) is 0 Å². The molecule has 0 bridgehead atoms. The zero-order valence-corrected chi connectivity index (χ0v) is 18.5. The minimum Gasteiger partial charge on any atom is -0.312 e. The van der Waals surface area contributed by atoms with Crippen LogP contribution < -0.4 is 10.0 Å². The third-order valence-electron chi connectivity index (χ3n) is 5.28. The third kappa shape index (κ3) is 4.48. The van der Waals surface area contributed by atoms with Gasteiger partial charge in [0.1, 0.15) is 11.1 Å². The second-order valence-corrected chi connectivity index (χ2v) is 10.4. The summed E-state index contributed by atoms with van der Waals surface area (Å²) < 4.78 is 27.9. The summed E-state index contributed by atoms with van der Waals surface area (Å²) in [5.41, 5.74) is 2.20. The molecule has 1 unspecified atom stereocenters. The fourth-order valence-electron chi connectivity index (χ4n) is 3.66. The molecule has 31 heavy (non-hydrogen) atoms. The van der Waals surface area contributed by atoms with Crippen molar-refractivity contribution in [2.75, 3.05) is 10.0 Å². The van der Waals surface area contributed by atoms with Crippen molar-refractivity contribution >= 4 is 38.0 Å². The molecule has 0 aliphatic heterocycles. The van der Waals surface area contributed by atoms with Gasteiger partial charge in [0.25, 0.3) is 15.9 Å². The number of anilines is 2. The van der Waals surface area contributed by atoms with E-state index in [2.05, 4.69) is 23.0 Å². The molecule has 0 saturated carbocycles. The first-order chi connectivity index (χ1) is 14.9. The number of hydrogen-bond acceptors (Lipinski definition) is 5. The molecular weight excluding hydrogens is 430 g/mol. The summed E-state index contributed by atoms with van der Waals surface area (Å²) in [7, 11) is -3.84. The second kappa shape index (κ2) is 8.53. The molecule has 1 aliphatic rings. The second-order valence-electron chi connectivity index (χ2n) is 7.62. The minimum atomic E-state index is -3.84. The predicted octanol–water partition coefficient (Wildman–Crippen LogP) is 4.80. The number of carbonyl (C=O) groups excluding carboxylic acids is 1. The van der Waals surface area contributed by atoms with Gasteiger partial charge >= 0.3 is 0 Å². The number of carbonyl (C=O) groups is 1. The first-order valence-electron chi connectivity index (χ1n) is 9.91. The van der Waals surface area contributed by atoms with Crippen molar-refractivity contribution in [1.29, 1.82) is 5.26 Å². The lowest BCUT2D eigenvalue weighted by molar-refractivity contribution is 0.102. The molecular formula is C23H21N3O3S2. The molecule has 1 atom stereocenters. The van der Waals surface area contributed by atoms with E-state index in [1.54, 1.807) is 36.4 Å². The van der Waals surface area contributed by atoms with Crippen LogP contribution in [0.1, 0.15) is 39.7 Å². The van der Waals surface area contributed by atoms with Crippen LogP contribution in [0.3, 0.4) is 0 Å². The van der Waals surface area contributed by atoms with E-state index in [0.29, 0.717) is 22.2 Å². The number of thiophene rings is 1. The van der Waals surface area contributed by atoms with E-state index in [9.17, 15) is 18.5 Å². The van der Waals surface area contributed by atoms with E-state index >= 15 is 0 Å². The van der Waals surface area contributed by atoms with Crippen LogP contribution in [0.15, 0.2) is 59.5 Å². The highest BCUT2D eigenvalue weighted by Gasteiger charge is 2.25. The largest absolute Gasteiger partial charge is 0.312 e. The Kier molecular flexibility index (Phi) is 5.81. The molecule has 4 rings (SSSR count). The Balaban J connectivity index is 1.58. The molecule has 0 saturated heterocycles. The molecule has 0 radical (unpaired) electrons. The van der Waals surface area contributed by atoms with Crippen LogP contribution in [0, 0.1) is 17.2 Å². The van der Waals surface area contributed by atoms with Gasteiger partial charge in [0, 0.05) is 16.1 Å². The van der Waals surface area contributed by atoms with E-state index in [1.807, 2.05) is 0 Å². The predicted molar refractivity (Wildman–Crippen MR) is 122 cm³/mol. The molecule has 1 aliphatic carbocycles. The zero-order chi connectivity index (χ0) is 22.0. The Morgan fingerprint density at radius 2 is 1.94 bits per heavy atom. The first kappa shape index (κ1) is 21.1. The minimum absolute atomic E-state index is 0.0104. The topological polar surface area (TPSA) is 99.1 Å². The maximum atomic E-state index is 12.9. The van der Waals surface area contributed by atoms with Gasteiger partial charge in [-0.25, -0.2) is 8.42 Å². The molecule has 6 nitrogen and oxygen atoms in total. The Bertz CT molecular complexity index is 1280. The van der Waals surface area contributed by atoms with Gasteiger partial charge in [0.2, 0.25) is 0 Å². The summed E-state index contributed by atoms with van der Waals surface area (Å²) in [6, 6.07) is 16.6. The maximum Gasteiger partial charge on any atom is 0.261 e. The van der Waals surface area contributed by atoms with E-state index in [-0.39, 0.29) is 10.5 Å². The number of nitriles is 1. The molecule has 1 aromatic heterocycles. The van der Waals surface area contributed by atoms with Crippen LogP contribution in [0.5, 0.6) is 0 Å². The van der Waals surface area contributed by atoms with Gasteiger partial charge in [-0.2, -0.15) is 5.26 Å². The van der Waals surface area contributed by atoms with Crippen LogP contribution in [-0.4, -0.2) is 14.3 Å². The fraction of sp³-hybridized carbons (Fsp3) is 0.217. The SMILES string of the molecule is CC1CCc2c(sc(NC(=O)c3cccc(S(=O)(=O)Nc4ccccc4)c3)c2C#N)C1. The van der Waals surface area contributed by atoms with Crippen molar-refractivity contribution < 1.29 is 13.2 Å². The molecule has 0 spiro atoms. The van der Waals surface area contributed by atoms with E-state index in [4.69, 9.17) is 0 Å². The number of amides is 1. The number of nitrogens with one attached hydrogen (secondary N) is 2. The summed E-state index contributed by atoms with van der Waals surface area (Å²) in [6.07, 6.45) is 2.77. The van der Waals surface area contributed by atoms with Crippen molar-refractivity contribution in [2.45, 2.75) is 31.1 Å². The highest BCUT2D eigenvalue weighted by atomic mass is 32.2. The Labute approximate surface area is 185 Å². The number of nitrogens with zero attached hydrogens (tertiary/aromatic N) is 1. The molecule has 1 amide bonds. The Morgan fingerprint density at radius 1 is 1.16 bits per heavy atom. The lowest BCUT2D eigenvalue weighted by atomic mass is 9.88. The van der Waals surface area contributed by atoms with E-state index in [1.165, 1.54) is 29.5 Å². The van der Waals surface area contributed by atoms with Gasteiger partial charge in [-0.1, -0.05) is 31.2 Å². The smallest absolute Gasteiger partial charge is 0.261 e. The lowest BCUT2D eigenvalue weighted by Gasteiger charge is -2.17. The molecule has 1 heterocycles. The van der Waals surface area contributed by atoms with Crippen LogP contribution >= 0.6 is 11.3 Å². The first-order valence-corrected chi connectivity index (χ1v) is 12.2. The van der Waals surface area contributed by atoms with Crippen molar-refractivity contribution in [3.8, 4) is 6.07 Å². The van der Waals surface area contributed by atoms with E-state index < -0.39 is 15.9 Å². The summed E-state index contributed by atoms with van der Waals surface area (Å²) in [5.74, 6) is 0.111. The summed E-state index contributed by atoms with van der Waals surface area (Å²) in [4.78, 5) is 14.0. The van der Waals surface area contributed by atoms with Crippen molar-refractivity contribution in [2.24, 2.45) is 5.92 Å². The highest BCUT2D eigenvalue weighted by Crippen LogP contribution is 2.39. The summed E-state index contributed by atoms with van der Waals surface area (Å²) in [6.45, 7) is 2.18. The summed E-state index contributed by atoms with van der Waals surface area (Å²) >= 11 is 1.44. The molecule has 8 heteroatoms. The van der Waals surface area contributed by atoms with Crippen molar-refractivity contribution in [1.82, 2.24) is 0 Å². The molecule has 3 aromatic rings. The Hall–Kier alpha value is -3.15. The normalized spacial score (nSPS) is 15.5. The van der Waals surface area contributed by atoms with Crippen LogP contribution in [0.4, 0.5) is 10.7 Å². The Morgan fingerprint density at radius 3 is 2.68 bits per heavy atom. The molecule has 158 valence electrons. The number of para-hydroxylation sites is 1. The number of benzene rings is 2. The van der Waals surface area contributed by atoms with Gasteiger partial charge in [-0.3, -0.25) is 9.52 Å². The van der Waals surface area contributed by atoms with Crippen LogP contribution in [0.25, 0.3) is 0 Å². The van der Waals surface area contributed by atoms with Crippen molar-refractivity contribution in [3.05, 3.63) is 76.2 Å². The third-order valence-corrected chi connectivity index (χ3v) is 7.83. The number of rotatable bonds is 5. The van der Waals surface area contributed by atoms with Gasteiger partial charge in [-0.15, -0.1) is 11.3 Å². The van der Waals surface area contributed by atoms with Gasteiger partial charge in [0.15, 0.2) is 0 Å². The standard InChI is InChI=1S/C23H21N3O3S2/c1-15-10-11-19-20(14-24)23(30-21(19)12-15)25-22(27)16-6-5-9-18(13-16)31(28,29)26-17-7-3-2-4-8-17/h2-9,13,15,26H,10-12H2,1H3,(H,25,27). The average molecular weight is 452 g/mol. The number of hydrogen-bond donors (Lipinski definition) is 2. The van der Waals surface area contributed by atoms with Gasteiger partial charge in [0.05, 0.1) is 10.5 Å². The quantitative estimate of drug-likeness (QED) is 0.582. The van der Waals surface area contributed by atoms with Gasteiger partial charge < -0.3 is 5.32 Å². The maximum absolute atomic E-state index is 12.9.